The van der Waals surface area contributed by atoms with Crippen molar-refractivity contribution in [2.75, 3.05) is 18.0 Å². The molecular weight excluding hydrogens is 570 g/mol. The van der Waals surface area contributed by atoms with E-state index in [0.29, 0.717) is 18.8 Å². The molecule has 230 valence electrons. The molecule has 3 heterocycles. The Labute approximate surface area is 269 Å². The molecule has 1 aliphatic rings. The summed E-state index contributed by atoms with van der Waals surface area (Å²) in [4.78, 5) is 19.9. The van der Waals surface area contributed by atoms with Crippen LogP contribution in [-0.4, -0.2) is 39.8 Å². The Bertz CT molecular complexity index is 1890. The van der Waals surface area contributed by atoms with Gasteiger partial charge >= 0.3 is 0 Å². The number of ether oxygens (including phenoxy) is 1. The zero-order chi connectivity index (χ0) is 31.3. The molecule has 1 aliphatic heterocycles. The van der Waals surface area contributed by atoms with Gasteiger partial charge in [-0.15, -0.1) is 0 Å². The smallest absolute Gasteiger partial charge is 0.228 e. The molecule has 0 saturated carbocycles. The monoisotopic (exact) mass is 607 g/mol. The summed E-state index contributed by atoms with van der Waals surface area (Å²) in [5.74, 6) is 0.655. The first kappa shape index (κ1) is 29.4. The van der Waals surface area contributed by atoms with Crippen LogP contribution in [0.4, 0.5) is 5.69 Å². The van der Waals surface area contributed by atoms with Gasteiger partial charge in [-0.25, -0.2) is 4.98 Å². The van der Waals surface area contributed by atoms with Crippen LogP contribution in [0.15, 0.2) is 128 Å². The van der Waals surface area contributed by atoms with Crippen LogP contribution in [0.1, 0.15) is 35.6 Å². The molecule has 2 aromatic heterocycles. The number of amides is 1. The van der Waals surface area contributed by atoms with E-state index in [4.69, 9.17) is 9.84 Å². The molecule has 1 atom stereocenters. The SMILES string of the molecule is Cn1nc(-c2cccnc2OC(c2ccccc2)c2ccccc2)c2ccc(N3CCC(NCCc4ccccc4)CC3=O)cc21. The van der Waals surface area contributed by atoms with Crippen LogP contribution in [0.2, 0.25) is 0 Å². The lowest BCUT2D eigenvalue weighted by atomic mass is 10.0. The maximum atomic E-state index is 13.3. The first-order chi connectivity index (χ1) is 22.6. The van der Waals surface area contributed by atoms with Crippen molar-refractivity contribution < 1.29 is 9.53 Å². The number of aryl methyl sites for hydroxylation is 1. The summed E-state index contributed by atoms with van der Waals surface area (Å²) < 4.78 is 8.58. The van der Waals surface area contributed by atoms with E-state index in [2.05, 4.69) is 71.0 Å². The molecule has 0 radical (unpaired) electrons. The van der Waals surface area contributed by atoms with Crippen LogP contribution in [0.5, 0.6) is 5.88 Å². The van der Waals surface area contributed by atoms with Crippen LogP contribution < -0.4 is 15.0 Å². The van der Waals surface area contributed by atoms with Gasteiger partial charge in [0.05, 0.1) is 11.1 Å². The summed E-state index contributed by atoms with van der Waals surface area (Å²) in [6.07, 6.45) is 3.78. The van der Waals surface area contributed by atoms with Gasteiger partial charge in [-0.3, -0.25) is 9.48 Å². The summed E-state index contributed by atoms with van der Waals surface area (Å²) in [5.41, 5.74) is 6.84. The zero-order valence-electron chi connectivity index (χ0n) is 25.9. The molecule has 0 aliphatic carbocycles. The van der Waals surface area contributed by atoms with Crippen LogP contribution in [0, 0.1) is 0 Å². The molecule has 0 spiro atoms. The van der Waals surface area contributed by atoms with Crippen molar-refractivity contribution >= 4 is 22.5 Å². The van der Waals surface area contributed by atoms with Gasteiger partial charge in [-0.2, -0.15) is 5.10 Å². The fraction of sp³-hybridized carbons (Fsp3) is 0.205. The summed E-state index contributed by atoms with van der Waals surface area (Å²) in [6, 6.07) is 41.1. The maximum absolute atomic E-state index is 13.3. The molecule has 6 aromatic rings. The lowest BCUT2D eigenvalue weighted by Gasteiger charge is -2.32. The van der Waals surface area contributed by atoms with E-state index >= 15 is 0 Å². The van der Waals surface area contributed by atoms with E-state index in [1.54, 1.807) is 6.20 Å². The summed E-state index contributed by atoms with van der Waals surface area (Å²) in [6.45, 7) is 1.54. The Balaban J connectivity index is 1.11. The largest absolute Gasteiger partial charge is 0.464 e. The van der Waals surface area contributed by atoms with Crippen molar-refractivity contribution in [3.63, 3.8) is 0 Å². The van der Waals surface area contributed by atoms with Crippen LogP contribution in [0.25, 0.3) is 22.2 Å². The second kappa shape index (κ2) is 13.4. The molecule has 0 bridgehead atoms. The molecule has 7 rings (SSSR count). The molecule has 7 nitrogen and oxygen atoms in total. The first-order valence-corrected chi connectivity index (χ1v) is 15.9. The average Bonchev–Trinajstić information content (AvgIpc) is 3.44. The third-order valence-corrected chi connectivity index (χ3v) is 8.72. The van der Waals surface area contributed by atoms with Crippen molar-refractivity contribution in [1.29, 1.82) is 0 Å². The van der Waals surface area contributed by atoms with Crippen LogP contribution in [0.3, 0.4) is 0 Å². The molecule has 4 aromatic carbocycles. The van der Waals surface area contributed by atoms with Gasteiger partial charge in [0.15, 0.2) is 6.10 Å². The molecule has 1 fully saturated rings. The van der Waals surface area contributed by atoms with Gasteiger partial charge < -0.3 is 15.0 Å². The molecule has 7 heteroatoms. The number of anilines is 1. The first-order valence-electron chi connectivity index (χ1n) is 15.9. The Morgan fingerprint density at radius 1 is 0.870 bits per heavy atom. The fourth-order valence-corrected chi connectivity index (χ4v) is 6.32. The quantitative estimate of drug-likeness (QED) is 0.179. The van der Waals surface area contributed by atoms with Crippen molar-refractivity contribution in [3.05, 3.63) is 144 Å². The minimum absolute atomic E-state index is 0.140. The number of nitrogens with zero attached hydrogens (tertiary/aromatic N) is 4. The highest BCUT2D eigenvalue weighted by molar-refractivity contribution is 6.00. The van der Waals surface area contributed by atoms with E-state index in [1.807, 2.05) is 77.3 Å². The van der Waals surface area contributed by atoms with Crippen molar-refractivity contribution in [1.82, 2.24) is 20.1 Å². The van der Waals surface area contributed by atoms with E-state index in [9.17, 15) is 4.79 Å². The van der Waals surface area contributed by atoms with E-state index < -0.39 is 0 Å². The minimum Gasteiger partial charge on any atom is -0.464 e. The van der Waals surface area contributed by atoms with Crippen molar-refractivity contribution in [3.8, 4) is 17.1 Å². The standard InChI is InChI=1S/C39H37N5O2/c1-43-35-27-32(44-25-22-31(26-36(44)45)40-24-21-28-12-5-2-6-13-28)19-20-33(35)37(42-43)34-18-11-23-41-39(34)46-38(29-14-7-3-8-15-29)30-16-9-4-10-17-30/h2-20,23,27,31,38,40H,21-22,24-26H2,1H3. The fourth-order valence-electron chi connectivity index (χ4n) is 6.32. The highest BCUT2D eigenvalue weighted by atomic mass is 16.5. The number of piperidine rings is 1. The number of hydrogen-bond acceptors (Lipinski definition) is 5. The number of benzene rings is 4. The molecule has 1 amide bonds. The van der Waals surface area contributed by atoms with Gasteiger partial charge in [0.2, 0.25) is 11.8 Å². The van der Waals surface area contributed by atoms with Gasteiger partial charge in [0.25, 0.3) is 0 Å². The number of pyridine rings is 1. The molecular formula is C39H37N5O2. The number of fused-ring (bicyclic) bond motifs is 1. The van der Waals surface area contributed by atoms with Gasteiger partial charge in [0, 0.05) is 43.3 Å². The molecule has 46 heavy (non-hydrogen) atoms. The van der Waals surface area contributed by atoms with Gasteiger partial charge in [-0.1, -0.05) is 91.0 Å². The van der Waals surface area contributed by atoms with Crippen molar-refractivity contribution in [2.45, 2.75) is 31.4 Å². The van der Waals surface area contributed by atoms with Crippen LogP contribution >= 0.6 is 0 Å². The van der Waals surface area contributed by atoms with Crippen LogP contribution in [-0.2, 0) is 18.3 Å². The zero-order valence-corrected chi connectivity index (χ0v) is 25.9. The van der Waals surface area contributed by atoms with Gasteiger partial charge in [0.1, 0.15) is 5.69 Å². The second-order valence-electron chi connectivity index (χ2n) is 11.8. The molecule has 1 unspecified atom stereocenters. The second-order valence-corrected chi connectivity index (χ2v) is 11.8. The Morgan fingerprint density at radius 2 is 1.57 bits per heavy atom. The third-order valence-electron chi connectivity index (χ3n) is 8.72. The van der Waals surface area contributed by atoms with Gasteiger partial charge in [-0.05, 0) is 66.4 Å². The number of carbonyl (C=O) groups excluding carboxylic acids is 1. The number of rotatable bonds is 10. The van der Waals surface area contributed by atoms with E-state index in [-0.39, 0.29) is 18.1 Å². The van der Waals surface area contributed by atoms with E-state index in [1.165, 1.54) is 5.56 Å². The predicted molar refractivity (Wildman–Crippen MR) is 183 cm³/mol. The number of nitrogens with one attached hydrogen (secondary N) is 1. The number of carbonyl (C=O) groups is 1. The summed E-state index contributed by atoms with van der Waals surface area (Å²) in [5, 5.41) is 9.50. The predicted octanol–water partition coefficient (Wildman–Crippen LogP) is 7.13. The minimum atomic E-state index is -0.334. The highest BCUT2D eigenvalue weighted by Gasteiger charge is 2.28. The maximum Gasteiger partial charge on any atom is 0.228 e. The highest BCUT2D eigenvalue weighted by Crippen LogP contribution is 2.37. The third kappa shape index (κ3) is 6.28. The number of hydrogen-bond donors (Lipinski definition) is 1. The lowest BCUT2D eigenvalue weighted by molar-refractivity contribution is -0.120. The Kier molecular flexibility index (Phi) is 8.57. The molecule has 1 saturated heterocycles. The average molecular weight is 608 g/mol. The van der Waals surface area contributed by atoms with Crippen molar-refractivity contribution in [2.24, 2.45) is 7.05 Å². The summed E-state index contributed by atoms with van der Waals surface area (Å²) >= 11 is 0. The molecule has 1 N–H and O–H groups in total. The number of aromatic nitrogens is 3. The normalized spacial score (nSPS) is 15.0. The topological polar surface area (TPSA) is 72.3 Å². The summed E-state index contributed by atoms with van der Waals surface area (Å²) in [7, 11) is 1.94. The van der Waals surface area contributed by atoms with E-state index in [0.717, 1.165) is 58.4 Å². The lowest BCUT2D eigenvalue weighted by Crippen LogP contribution is -2.46. The Morgan fingerprint density at radius 3 is 2.26 bits per heavy atom. The Hall–Kier alpha value is -5.27.